The lowest BCUT2D eigenvalue weighted by Crippen LogP contribution is -2.54. The van der Waals surface area contributed by atoms with E-state index in [4.69, 9.17) is 0 Å². The van der Waals surface area contributed by atoms with E-state index in [1.54, 1.807) is 0 Å². The lowest BCUT2D eigenvalue weighted by atomic mass is 9.97. The van der Waals surface area contributed by atoms with Crippen LogP contribution in [0, 0.1) is 0 Å². The molecule has 1 aliphatic heterocycles. The summed E-state index contributed by atoms with van der Waals surface area (Å²) in [4.78, 5) is 6.68. The first kappa shape index (κ1) is 16.2. The van der Waals surface area contributed by atoms with Crippen molar-refractivity contribution in [3.05, 3.63) is 24.0 Å². The largest absolute Gasteiger partial charge is 0.357 e. The highest BCUT2D eigenvalue weighted by molar-refractivity contribution is 7.99. The minimum Gasteiger partial charge on any atom is -0.357 e. The van der Waals surface area contributed by atoms with Crippen molar-refractivity contribution in [1.29, 1.82) is 0 Å². The van der Waals surface area contributed by atoms with Gasteiger partial charge in [0.1, 0.15) is 0 Å². The summed E-state index contributed by atoms with van der Waals surface area (Å²) in [5.41, 5.74) is 1.51. The van der Waals surface area contributed by atoms with Gasteiger partial charge >= 0.3 is 0 Å². The van der Waals surface area contributed by atoms with Crippen molar-refractivity contribution < 1.29 is 0 Å². The molecule has 2 rings (SSSR count). The fourth-order valence-electron chi connectivity index (χ4n) is 2.57. The van der Waals surface area contributed by atoms with Crippen molar-refractivity contribution in [2.45, 2.75) is 18.5 Å². The molecule has 0 radical (unpaired) electrons. The van der Waals surface area contributed by atoms with Crippen LogP contribution >= 0.6 is 11.8 Å². The topological polar surface area (TPSA) is 44.6 Å². The fraction of sp³-hybridized carbons (Fsp3) is 0.667. The molecular weight excluding hydrogens is 282 g/mol. The van der Waals surface area contributed by atoms with Gasteiger partial charge in [0.2, 0.25) is 0 Å². The summed E-state index contributed by atoms with van der Waals surface area (Å²) < 4.78 is 2.06. The molecule has 1 atom stereocenters. The third kappa shape index (κ3) is 4.17. The van der Waals surface area contributed by atoms with E-state index < -0.39 is 0 Å². The highest BCUT2D eigenvalue weighted by atomic mass is 32.2. The van der Waals surface area contributed by atoms with Gasteiger partial charge in [0, 0.05) is 50.9 Å². The van der Waals surface area contributed by atoms with Crippen LogP contribution in [0.2, 0.25) is 0 Å². The van der Waals surface area contributed by atoms with Crippen molar-refractivity contribution in [1.82, 2.24) is 20.1 Å². The van der Waals surface area contributed by atoms with E-state index in [-0.39, 0.29) is 5.54 Å². The van der Waals surface area contributed by atoms with Crippen LogP contribution in [0.5, 0.6) is 0 Å². The number of nitrogens with zero attached hydrogens (tertiary/aromatic N) is 3. The third-order valence-electron chi connectivity index (χ3n) is 4.19. The van der Waals surface area contributed by atoms with Gasteiger partial charge in [0.05, 0.1) is 0 Å². The summed E-state index contributed by atoms with van der Waals surface area (Å²) in [6.07, 6.45) is 5.41. The van der Waals surface area contributed by atoms with E-state index in [0.29, 0.717) is 0 Å². The van der Waals surface area contributed by atoms with Crippen molar-refractivity contribution >= 4 is 17.7 Å². The maximum Gasteiger partial charge on any atom is 0.191 e. The molecule has 1 aliphatic rings. The number of aryl methyl sites for hydroxylation is 1. The fourth-order valence-corrected chi connectivity index (χ4v) is 4.12. The Labute approximate surface area is 132 Å². The summed E-state index contributed by atoms with van der Waals surface area (Å²) in [6, 6.07) is 2.12. The molecule has 0 saturated carbocycles. The standard InChI is InChI=1S/C15H27N5S/c1-16-14(17-9-13-5-7-20(4)10-13)18-11-15(19(2)3)6-8-21-12-15/h5,7,10H,6,8-9,11-12H2,1-4H3,(H2,16,17,18). The summed E-state index contributed by atoms with van der Waals surface area (Å²) >= 11 is 2.04. The van der Waals surface area contributed by atoms with Crippen LogP contribution in [-0.4, -0.2) is 60.2 Å². The highest BCUT2D eigenvalue weighted by Gasteiger charge is 2.36. The van der Waals surface area contributed by atoms with Crippen LogP contribution in [-0.2, 0) is 13.6 Å². The molecule has 1 aromatic heterocycles. The molecule has 1 unspecified atom stereocenters. The van der Waals surface area contributed by atoms with Gasteiger partial charge in [-0.25, -0.2) is 0 Å². The Kier molecular flexibility index (Phi) is 5.58. The molecule has 0 aliphatic carbocycles. The molecule has 0 aromatic carbocycles. The van der Waals surface area contributed by atoms with Gasteiger partial charge in [-0.2, -0.15) is 11.8 Å². The first-order chi connectivity index (χ1) is 10.1. The Morgan fingerprint density at radius 3 is 2.81 bits per heavy atom. The third-order valence-corrected chi connectivity index (χ3v) is 5.43. The molecule has 118 valence electrons. The van der Waals surface area contributed by atoms with E-state index in [1.807, 2.05) is 25.9 Å². The normalized spacial score (nSPS) is 22.8. The Hall–Kier alpha value is -1.14. The van der Waals surface area contributed by atoms with E-state index in [0.717, 1.165) is 19.0 Å². The molecule has 2 N–H and O–H groups in total. The smallest absolute Gasteiger partial charge is 0.191 e. The van der Waals surface area contributed by atoms with E-state index in [2.05, 4.69) is 57.6 Å². The maximum absolute atomic E-state index is 4.32. The monoisotopic (exact) mass is 309 g/mol. The summed E-state index contributed by atoms with van der Waals surface area (Å²) in [5, 5.41) is 6.87. The van der Waals surface area contributed by atoms with Gasteiger partial charge in [-0.05, 0) is 37.9 Å². The van der Waals surface area contributed by atoms with E-state index in [1.165, 1.54) is 23.5 Å². The lowest BCUT2D eigenvalue weighted by Gasteiger charge is -2.36. The van der Waals surface area contributed by atoms with Crippen molar-refractivity contribution in [3.8, 4) is 0 Å². The molecule has 5 nitrogen and oxygen atoms in total. The summed E-state index contributed by atoms with van der Waals surface area (Å²) in [7, 11) is 8.21. The average Bonchev–Trinajstić information content (AvgIpc) is 3.09. The Morgan fingerprint density at radius 2 is 2.29 bits per heavy atom. The molecular formula is C15H27N5S. The van der Waals surface area contributed by atoms with Crippen molar-refractivity contribution in [2.75, 3.05) is 39.2 Å². The Morgan fingerprint density at radius 1 is 1.48 bits per heavy atom. The number of aliphatic imine (C=N–C) groups is 1. The number of likely N-dealkylation sites (N-methyl/N-ethyl adjacent to an activating group) is 1. The number of thioether (sulfide) groups is 1. The Balaban J connectivity index is 1.85. The van der Waals surface area contributed by atoms with Crippen LogP contribution in [0.3, 0.4) is 0 Å². The molecule has 1 fully saturated rings. The number of nitrogens with one attached hydrogen (secondary N) is 2. The predicted octanol–water partition coefficient (Wildman–Crippen LogP) is 1.13. The first-order valence-electron chi connectivity index (χ1n) is 7.36. The number of hydrogen-bond donors (Lipinski definition) is 2. The van der Waals surface area contributed by atoms with Crippen LogP contribution < -0.4 is 10.6 Å². The second-order valence-corrected chi connectivity index (χ2v) is 6.99. The zero-order chi connectivity index (χ0) is 15.3. The summed E-state index contributed by atoms with van der Waals surface area (Å²) in [5.74, 6) is 3.30. The molecule has 2 heterocycles. The zero-order valence-corrected chi connectivity index (χ0v) is 14.3. The quantitative estimate of drug-likeness (QED) is 0.632. The molecule has 1 aromatic rings. The van der Waals surface area contributed by atoms with Gasteiger partial charge in [-0.15, -0.1) is 0 Å². The zero-order valence-electron chi connectivity index (χ0n) is 13.5. The molecule has 6 heteroatoms. The van der Waals surface area contributed by atoms with Crippen molar-refractivity contribution in [2.24, 2.45) is 12.0 Å². The summed E-state index contributed by atoms with van der Waals surface area (Å²) in [6.45, 7) is 1.73. The van der Waals surface area contributed by atoms with Crippen LogP contribution in [0.1, 0.15) is 12.0 Å². The number of guanidine groups is 1. The minimum absolute atomic E-state index is 0.245. The van der Waals surface area contributed by atoms with Crippen LogP contribution in [0.15, 0.2) is 23.5 Å². The van der Waals surface area contributed by atoms with Crippen molar-refractivity contribution in [3.63, 3.8) is 0 Å². The van der Waals surface area contributed by atoms with Crippen LogP contribution in [0.25, 0.3) is 0 Å². The van der Waals surface area contributed by atoms with Gasteiger partial charge in [0.25, 0.3) is 0 Å². The maximum atomic E-state index is 4.32. The molecule has 1 saturated heterocycles. The SMILES string of the molecule is CN=C(NCc1ccn(C)c1)NCC1(N(C)C)CCSC1. The van der Waals surface area contributed by atoms with Crippen LogP contribution in [0.4, 0.5) is 0 Å². The number of rotatable bonds is 5. The van der Waals surface area contributed by atoms with Gasteiger partial charge in [0.15, 0.2) is 5.96 Å². The number of hydrogen-bond acceptors (Lipinski definition) is 3. The molecule has 0 bridgehead atoms. The predicted molar refractivity (Wildman–Crippen MR) is 92.0 cm³/mol. The highest BCUT2D eigenvalue weighted by Crippen LogP contribution is 2.31. The number of aromatic nitrogens is 1. The van der Waals surface area contributed by atoms with Gasteiger partial charge in [-0.3, -0.25) is 4.99 Å². The van der Waals surface area contributed by atoms with E-state index >= 15 is 0 Å². The van der Waals surface area contributed by atoms with Gasteiger partial charge in [-0.1, -0.05) is 0 Å². The second kappa shape index (κ2) is 7.22. The first-order valence-corrected chi connectivity index (χ1v) is 8.52. The molecule has 21 heavy (non-hydrogen) atoms. The molecule has 0 amide bonds. The second-order valence-electron chi connectivity index (χ2n) is 5.89. The van der Waals surface area contributed by atoms with E-state index in [9.17, 15) is 0 Å². The average molecular weight is 309 g/mol. The molecule has 0 spiro atoms. The lowest BCUT2D eigenvalue weighted by molar-refractivity contribution is 0.183. The van der Waals surface area contributed by atoms with Gasteiger partial charge < -0.3 is 20.1 Å². The Bertz CT molecular complexity index is 474. The minimum atomic E-state index is 0.245.